The van der Waals surface area contributed by atoms with Crippen molar-refractivity contribution in [3.8, 4) is 29.0 Å². The SMILES string of the molecule is CNCC#Cc1cnc(-c2cn(CC3OCC(C)(C)CO3)nn2)c(OC2CC2)c1. The van der Waals surface area contributed by atoms with Crippen molar-refractivity contribution in [3.63, 3.8) is 0 Å². The lowest BCUT2D eigenvalue weighted by atomic mass is 9.96. The largest absolute Gasteiger partial charge is 0.488 e. The molecule has 2 aliphatic rings. The monoisotopic (exact) mass is 397 g/mol. The van der Waals surface area contributed by atoms with Crippen LogP contribution in [0, 0.1) is 17.3 Å². The van der Waals surface area contributed by atoms with E-state index in [2.05, 4.69) is 46.3 Å². The molecule has 1 aliphatic carbocycles. The van der Waals surface area contributed by atoms with E-state index in [1.54, 1.807) is 10.9 Å². The van der Waals surface area contributed by atoms with Crippen molar-refractivity contribution in [1.82, 2.24) is 25.3 Å². The molecular weight excluding hydrogens is 370 g/mol. The first-order valence-corrected chi connectivity index (χ1v) is 9.96. The molecule has 4 rings (SSSR count). The summed E-state index contributed by atoms with van der Waals surface area (Å²) in [6, 6.07) is 1.93. The van der Waals surface area contributed by atoms with Crippen molar-refractivity contribution in [2.45, 2.75) is 45.6 Å². The van der Waals surface area contributed by atoms with Crippen LogP contribution in [0.4, 0.5) is 0 Å². The third-order valence-corrected chi connectivity index (χ3v) is 4.61. The average molecular weight is 397 g/mol. The summed E-state index contributed by atoms with van der Waals surface area (Å²) >= 11 is 0. The summed E-state index contributed by atoms with van der Waals surface area (Å²) < 4.78 is 19.4. The number of nitrogens with one attached hydrogen (secondary N) is 1. The fraction of sp³-hybridized carbons (Fsp3) is 0.571. The summed E-state index contributed by atoms with van der Waals surface area (Å²) in [4.78, 5) is 4.56. The maximum Gasteiger partial charge on any atom is 0.177 e. The zero-order valence-electron chi connectivity index (χ0n) is 17.1. The van der Waals surface area contributed by atoms with Crippen LogP contribution in [0.25, 0.3) is 11.4 Å². The van der Waals surface area contributed by atoms with Crippen LogP contribution in [0.2, 0.25) is 0 Å². The van der Waals surface area contributed by atoms with Gasteiger partial charge in [-0.25, -0.2) is 9.67 Å². The number of aromatic nitrogens is 4. The van der Waals surface area contributed by atoms with E-state index >= 15 is 0 Å². The van der Waals surface area contributed by atoms with Gasteiger partial charge in [0.05, 0.1) is 38.6 Å². The smallest absolute Gasteiger partial charge is 0.177 e. The van der Waals surface area contributed by atoms with E-state index < -0.39 is 0 Å². The number of pyridine rings is 1. The lowest BCUT2D eigenvalue weighted by Crippen LogP contribution is -2.39. The molecule has 1 aliphatic heterocycles. The fourth-order valence-electron chi connectivity index (χ4n) is 2.88. The molecule has 1 saturated heterocycles. The normalized spacial score (nSPS) is 18.9. The lowest BCUT2D eigenvalue weighted by Gasteiger charge is -2.34. The van der Waals surface area contributed by atoms with Crippen LogP contribution in [-0.4, -0.2) is 59.2 Å². The summed E-state index contributed by atoms with van der Waals surface area (Å²) in [5, 5.41) is 11.5. The number of hydrogen-bond acceptors (Lipinski definition) is 7. The topological polar surface area (TPSA) is 83.3 Å². The van der Waals surface area contributed by atoms with Crippen molar-refractivity contribution in [2.75, 3.05) is 26.8 Å². The van der Waals surface area contributed by atoms with Crippen LogP contribution >= 0.6 is 0 Å². The van der Waals surface area contributed by atoms with E-state index in [0.29, 0.717) is 43.4 Å². The Balaban J connectivity index is 1.49. The maximum atomic E-state index is 6.07. The van der Waals surface area contributed by atoms with E-state index in [9.17, 15) is 0 Å². The van der Waals surface area contributed by atoms with Crippen molar-refractivity contribution < 1.29 is 14.2 Å². The predicted octanol–water partition coefficient (Wildman–Crippen LogP) is 1.85. The molecule has 2 aromatic heterocycles. The van der Waals surface area contributed by atoms with Gasteiger partial charge in [-0.05, 0) is 26.0 Å². The molecular formula is C21H27N5O3. The van der Waals surface area contributed by atoms with Crippen molar-refractivity contribution in [2.24, 2.45) is 5.41 Å². The van der Waals surface area contributed by atoms with Crippen LogP contribution in [0.1, 0.15) is 32.3 Å². The fourth-order valence-corrected chi connectivity index (χ4v) is 2.88. The quantitative estimate of drug-likeness (QED) is 0.745. The molecule has 0 aromatic carbocycles. The summed E-state index contributed by atoms with van der Waals surface area (Å²) in [5.41, 5.74) is 2.19. The van der Waals surface area contributed by atoms with Gasteiger partial charge in [-0.15, -0.1) is 5.10 Å². The maximum absolute atomic E-state index is 6.07. The highest BCUT2D eigenvalue weighted by Crippen LogP contribution is 2.33. The van der Waals surface area contributed by atoms with Gasteiger partial charge in [0.25, 0.3) is 0 Å². The Labute approximate surface area is 170 Å². The van der Waals surface area contributed by atoms with Crippen LogP contribution in [0.5, 0.6) is 5.75 Å². The first kappa shape index (κ1) is 19.8. The molecule has 8 nitrogen and oxygen atoms in total. The van der Waals surface area contributed by atoms with Crippen molar-refractivity contribution >= 4 is 0 Å². The minimum absolute atomic E-state index is 0.0425. The summed E-state index contributed by atoms with van der Waals surface area (Å²) in [5.74, 6) is 6.84. The minimum Gasteiger partial charge on any atom is -0.488 e. The molecule has 29 heavy (non-hydrogen) atoms. The minimum atomic E-state index is -0.322. The Morgan fingerprint density at radius 3 is 2.83 bits per heavy atom. The number of hydrogen-bond donors (Lipinski definition) is 1. The molecule has 2 aromatic rings. The Morgan fingerprint density at radius 2 is 2.10 bits per heavy atom. The second kappa shape index (κ2) is 8.49. The summed E-state index contributed by atoms with van der Waals surface area (Å²) in [6.07, 6.45) is 5.65. The van der Waals surface area contributed by atoms with Gasteiger partial charge in [0.2, 0.25) is 0 Å². The zero-order valence-corrected chi connectivity index (χ0v) is 17.1. The van der Waals surface area contributed by atoms with Gasteiger partial charge in [-0.3, -0.25) is 0 Å². The van der Waals surface area contributed by atoms with Crippen LogP contribution in [-0.2, 0) is 16.0 Å². The second-order valence-corrected chi connectivity index (χ2v) is 8.26. The molecule has 0 unspecified atom stereocenters. The Bertz CT molecular complexity index is 901. The Kier molecular flexibility index (Phi) is 5.81. The molecule has 1 N–H and O–H groups in total. The van der Waals surface area contributed by atoms with Crippen LogP contribution in [0.15, 0.2) is 18.5 Å². The molecule has 0 atom stereocenters. The van der Waals surface area contributed by atoms with Crippen LogP contribution < -0.4 is 10.1 Å². The number of nitrogens with zero attached hydrogens (tertiary/aromatic N) is 4. The summed E-state index contributed by atoms with van der Waals surface area (Å²) in [7, 11) is 1.87. The highest BCUT2D eigenvalue weighted by atomic mass is 16.7. The highest BCUT2D eigenvalue weighted by molar-refractivity contribution is 5.63. The van der Waals surface area contributed by atoms with E-state index in [1.165, 1.54) is 0 Å². The van der Waals surface area contributed by atoms with E-state index in [1.807, 2.05) is 19.3 Å². The first-order valence-electron chi connectivity index (χ1n) is 9.96. The molecule has 0 spiro atoms. The van der Waals surface area contributed by atoms with Crippen molar-refractivity contribution in [1.29, 1.82) is 0 Å². The number of rotatable bonds is 6. The second-order valence-electron chi connectivity index (χ2n) is 8.26. The first-order chi connectivity index (χ1) is 14.0. The standard InChI is InChI=1S/C21H27N5O3/c1-21(2)13-27-19(28-14-21)12-26-11-17(24-25-26)20-18(29-16-6-7-16)9-15(10-23-20)5-4-8-22-3/h9-11,16,19,22H,6-8,12-14H2,1-3H3. The Hall–Kier alpha value is -2.47. The molecule has 3 heterocycles. The van der Waals surface area contributed by atoms with Gasteiger partial charge in [0.1, 0.15) is 17.1 Å². The molecule has 8 heteroatoms. The van der Waals surface area contributed by atoms with Gasteiger partial charge in [0, 0.05) is 17.2 Å². The summed E-state index contributed by atoms with van der Waals surface area (Å²) in [6.45, 7) is 6.67. The lowest BCUT2D eigenvalue weighted by molar-refractivity contribution is -0.227. The molecule has 0 radical (unpaired) electrons. The van der Waals surface area contributed by atoms with E-state index in [0.717, 1.165) is 18.4 Å². The van der Waals surface area contributed by atoms with Gasteiger partial charge >= 0.3 is 0 Å². The van der Waals surface area contributed by atoms with E-state index in [4.69, 9.17) is 14.2 Å². The molecule has 1 saturated carbocycles. The third-order valence-electron chi connectivity index (χ3n) is 4.61. The Morgan fingerprint density at radius 1 is 1.31 bits per heavy atom. The van der Waals surface area contributed by atoms with Gasteiger partial charge < -0.3 is 19.5 Å². The van der Waals surface area contributed by atoms with Crippen LogP contribution in [0.3, 0.4) is 0 Å². The predicted molar refractivity (Wildman–Crippen MR) is 107 cm³/mol. The van der Waals surface area contributed by atoms with Gasteiger partial charge in [-0.2, -0.15) is 0 Å². The molecule has 0 amide bonds. The van der Waals surface area contributed by atoms with Gasteiger partial charge in [-0.1, -0.05) is 30.9 Å². The zero-order chi connectivity index (χ0) is 20.3. The third kappa shape index (κ3) is 5.32. The molecule has 0 bridgehead atoms. The molecule has 154 valence electrons. The average Bonchev–Trinajstić information content (AvgIpc) is 3.39. The highest BCUT2D eigenvalue weighted by Gasteiger charge is 2.29. The van der Waals surface area contributed by atoms with E-state index in [-0.39, 0.29) is 17.8 Å². The van der Waals surface area contributed by atoms with Gasteiger partial charge in [0.15, 0.2) is 6.29 Å². The van der Waals surface area contributed by atoms with Crippen molar-refractivity contribution in [3.05, 3.63) is 24.0 Å². The number of ether oxygens (including phenoxy) is 3. The molecule has 2 fully saturated rings.